The molecule has 0 unspecified atom stereocenters. The Labute approximate surface area is 108 Å². The van der Waals surface area contributed by atoms with Gasteiger partial charge in [-0.3, -0.25) is 4.98 Å². The van der Waals surface area contributed by atoms with E-state index < -0.39 is 0 Å². The minimum absolute atomic E-state index is 0.450. The van der Waals surface area contributed by atoms with Crippen molar-refractivity contribution in [3.63, 3.8) is 0 Å². The first-order valence-corrected chi connectivity index (χ1v) is 6.08. The molecular weight excluding hydrogens is 222 g/mol. The number of hydrogen-bond acceptors (Lipinski definition) is 3. The van der Waals surface area contributed by atoms with Crippen molar-refractivity contribution in [2.75, 3.05) is 11.9 Å². The van der Waals surface area contributed by atoms with Gasteiger partial charge in [-0.25, -0.2) is 0 Å². The Kier molecular flexibility index (Phi) is 3.63. The van der Waals surface area contributed by atoms with Crippen LogP contribution in [-0.2, 0) is 6.54 Å². The molecule has 94 valence electrons. The van der Waals surface area contributed by atoms with E-state index in [9.17, 15) is 0 Å². The molecule has 0 saturated heterocycles. The zero-order valence-corrected chi connectivity index (χ0v) is 11.1. The van der Waals surface area contributed by atoms with Crippen LogP contribution in [0.4, 0.5) is 11.4 Å². The van der Waals surface area contributed by atoms with Crippen molar-refractivity contribution in [3.05, 3.63) is 53.3 Å². The van der Waals surface area contributed by atoms with Gasteiger partial charge >= 0.3 is 0 Å². The van der Waals surface area contributed by atoms with Crippen molar-refractivity contribution in [2.45, 2.75) is 20.4 Å². The van der Waals surface area contributed by atoms with Crippen LogP contribution in [0.5, 0.6) is 0 Å². The van der Waals surface area contributed by atoms with E-state index in [1.807, 2.05) is 19.2 Å². The summed E-state index contributed by atoms with van der Waals surface area (Å²) in [5.74, 6) is 0. The fraction of sp³-hybridized carbons (Fsp3) is 0.267. The molecule has 2 rings (SSSR count). The highest BCUT2D eigenvalue weighted by Gasteiger charge is 2.09. The minimum atomic E-state index is 0.450. The normalized spacial score (nSPS) is 10.4. The molecule has 0 amide bonds. The summed E-state index contributed by atoms with van der Waals surface area (Å²) < 4.78 is 0. The van der Waals surface area contributed by atoms with Gasteiger partial charge in [-0.15, -0.1) is 0 Å². The Morgan fingerprint density at radius 2 is 1.83 bits per heavy atom. The number of aromatic nitrogens is 1. The van der Waals surface area contributed by atoms with Gasteiger partial charge in [-0.05, 0) is 49.2 Å². The van der Waals surface area contributed by atoms with Crippen LogP contribution < -0.4 is 10.6 Å². The number of pyridine rings is 1. The number of rotatable bonds is 3. The summed E-state index contributed by atoms with van der Waals surface area (Å²) in [6, 6.07) is 10.5. The number of nitrogens with two attached hydrogens (primary N) is 1. The lowest BCUT2D eigenvalue weighted by Crippen LogP contribution is -2.14. The van der Waals surface area contributed by atoms with Gasteiger partial charge in [0, 0.05) is 25.5 Å². The maximum Gasteiger partial charge on any atom is 0.0775 e. The van der Waals surface area contributed by atoms with Gasteiger partial charge in [0.15, 0.2) is 0 Å². The third-order valence-electron chi connectivity index (χ3n) is 3.01. The van der Waals surface area contributed by atoms with Crippen molar-refractivity contribution in [1.29, 1.82) is 0 Å². The number of nitrogens with zero attached hydrogens (tertiary/aromatic N) is 2. The van der Waals surface area contributed by atoms with Gasteiger partial charge in [0.25, 0.3) is 0 Å². The minimum Gasteiger partial charge on any atom is -0.343 e. The lowest BCUT2D eigenvalue weighted by atomic mass is 10.1. The van der Waals surface area contributed by atoms with E-state index in [-0.39, 0.29) is 0 Å². The average Bonchev–Trinajstić information content (AvgIpc) is 2.36. The van der Waals surface area contributed by atoms with Gasteiger partial charge in [0.2, 0.25) is 0 Å². The standard InChI is InChI=1S/C15H19N3/c1-11-7-12(2)9-13(8-11)18(3)15-5-4-6-17-14(15)10-16/h4-9H,10,16H2,1-3H3. The van der Waals surface area contributed by atoms with Crippen molar-refractivity contribution in [1.82, 2.24) is 4.98 Å². The Morgan fingerprint density at radius 1 is 1.17 bits per heavy atom. The molecule has 0 bridgehead atoms. The molecule has 2 aromatic rings. The van der Waals surface area contributed by atoms with Crippen molar-refractivity contribution in [2.24, 2.45) is 5.73 Å². The second kappa shape index (κ2) is 5.19. The van der Waals surface area contributed by atoms with E-state index in [2.05, 4.69) is 41.9 Å². The van der Waals surface area contributed by atoms with Crippen LogP contribution in [0.25, 0.3) is 0 Å². The summed E-state index contributed by atoms with van der Waals surface area (Å²) in [6.07, 6.45) is 1.78. The Bertz CT molecular complexity index is 529. The smallest absolute Gasteiger partial charge is 0.0775 e. The molecule has 18 heavy (non-hydrogen) atoms. The molecule has 0 radical (unpaired) electrons. The predicted octanol–water partition coefficient (Wildman–Crippen LogP) is 2.93. The van der Waals surface area contributed by atoms with Gasteiger partial charge in [-0.2, -0.15) is 0 Å². The third kappa shape index (κ3) is 2.51. The molecular formula is C15H19N3. The van der Waals surface area contributed by atoms with Gasteiger partial charge in [0.1, 0.15) is 0 Å². The predicted molar refractivity (Wildman–Crippen MR) is 76.1 cm³/mol. The Balaban J connectivity index is 2.44. The number of anilines is 2. The summed E-state index contributed by atoms with van der Waals surface area (Å²) in [5.41, 5.74) is 11.4. The summed E-state index contributed by atoms with van der Waals surface area (Å²) in [4.78, 5) is 6.46. The molecule has 1 aromatic heterocycles. The zero-order chi connectivity index (χ0) is 13.1. The molecule has 0 aliphatic heterocycles. The molecule has 3 heteroatoms. The van der Waals surface area contributed by atoms with Gasteiger partial charge < -0.3 is 10.6 Å². The van der Waals surface area contributed by atoms with Crippen LogP contribution in [0, 0.1) is 13.8 Å². The van der Waals surface area contributed by atoms with Crippen LogP contribution in [0.3, 0.4) is 0 Å². The quantitative estimate of drug-likeness (QED) is 0.898. The van der Waals surface area contributed by atoms with Crippen molar-refractivity contribution < 1.29 is 0 Å². The SMILES string of the molecule is Cc1cc(C)cc(N(C)c2cccnc2CN)c1. The maximum absolute atomic E-state index is 5.74. The molecule has 1 heterocycles. The molecule has 2 N–H and O–H groups in total. The molecule has 0 fully saturated rings. The van der Waals surface area contributed by atoms with E-state index in [1.165, 1.54) is 11.1 Å². The first-order chi connectivity index (χ1) is 8.61. The fourth-order valence-electron chi connectivity index (χ4n) is 2.18. The molecule has 0 saturated carbocycles. The fourth-order valence-corrected chi connectivity index (χ4v) is 2.18. The summed E-state index contributed by atoms with van der Waals surface area (Å²) in [5, 5.41) is 0. The van der Waals surface area contributed by atoms with Gasteiger partial charge in [-0.1, -0.05) is 6.07 Å². The molecule has 1 aromatic carbocycles. The summed E-state index contributed by atoms with van der Waals surface area (Å²) >= 11 is 0. The highest BCUT2D eigenvalue weighted by molar-refractivity contribution is 5.65. The molecule has 0 aliphatic rings. The molecule has 0 spiro atoms. The maximum atomic E-state index is 5.74. The molecule has 0 aliphatic carbocycles. The highest BCUT2D eigenvalue weighted by Crippen LogP contribution is 2.27. The third-order valence-corrected chi connectivity index (χ3v) is 3.01. The second-order valence-electron chi connectivity index (χ2n) is 4.58. The lowest BCUT2D eigenvalue weighted by Gasteiger charge is -2.22. The zero-order valence-electron chi connectivity index (χ0n) is 11.1. The van der Waals surface area contributed by atoms with Crippen molar-refractivity contribution >= 4 is 11.4 Å². The van der Waals surface area contributed by atoms with Crippen LogP contribution in [-0.4, -0.2) is 12.0 Å². The first-order valence-electron chi connectivity index (χ1n) is 6.08. The lowest BCUT2D eigenvalue weighted by molar-refractivity contribution is 0.973. The van der Waals surface area contributed by atoms with E-state index >= 15 is 0 Å². The van der Waals surface area contributed by atoms with Crippen molar-refractivity contribution in [3.8, 4) is 0 Å². The summed E-state index contributed by atoms with van der Waals surface area (Å²) in [6.45, 7) is 4.67. The van der Waals surface area contributed by atoms with E-state index in [4.69, 9.17) is 5.73 Å². The van der Waals surface area contributed by atoms with Crippen LogP contribution in [0.2, 0.25) is 0 Å². The number of hydrogen-bond donors (Lipinski definition) is 1. The Morgan fingerprint density at radius 3 is 2.44 bits per heavy atom. The van der Waals surface area contributed by atoms with E-state index in [1.54, 1.807) is 6.20 Å². The van der Waals surface area contributed by atoms with Crippen LogP contribution in [0.15, 0.2) is 36.5 Å². The highest BCUT2D eigenvalue weighted by atomic mass is 15.1. The number of benzene rings is 1. The van der Waals surface area contributed by atoms with E-state index in [0.717, 1.165) is 17.1 Å². The first kappa shape index (κ1) is 12.6. The van der Waals surface area contributed by atoms with Crippen LogP contribution >= 0.6 is 0 Å². The monoisotopic (exact) mass is 241 g/mol. The second-order valence-corrected chi connectivity index (χ2v) is 4.58. The average molecular weight is 241 g/mol. The topological polar surface area (TPSA) is 42.2 Å². The summed E-state index contributed by atoms with van der Waals surface area (Å²) in [7, 11) is 2.05. The van der Waals surface area contributed by atoms with Gasteiger partial charge in [0.05, 0.1) is 11.4 Å². The van der Waals surface area contributed by atoms with E-state index in [0.29, 0.717) is 6.54 Å². The largest absolute Gasteiger partial charge is 0.343 e. The Hall–Kier alpha value is -1.87. The molecule has 3 nitrogen and oxygen atoms in total. The van der Waals surface area contributed by atoms with Crippen LogP contribution in [0.1, 0.15) is 16.8 Å². The molecule has 0 atom stereocenters. The number of aryl methyl sites for hydroxylation is 2.